The van der Waals surface area contributed by atoms with Crippen LogP contribution in [0.15, 0.2) is 96.7 Å². The monoisotopic (exact) mass is 398 g/mol. The molecule has 30 heavy (non-hydrogen) atoms. The number of amides is 1. The van der Waals surface area contributed by atoms with Crippen molar-refractivity contribution >= 4 is 17.3 Å². The van der Waals surface area contributed by atoms with Crippen molar-refractivity contribution in [2.45, 2.75) is 25.8 Å². The van der Waals surface area contributed by atoms with Gasteiger partial charge in [-0.2, -0.15) is 0 Å². The molecule has 1 amide bonds. The van der Waals surface area contributed by atoms with E-state index in [0.717, 1.165) is 42.1 Å². The molecule has 1 heterocycles. The molecule has 0 saturated heterocycles. The van der Waals surface area contributed by atoms with Gasteiger partial charge in [0.05, 0.1) is 12.6 Å². The van der Waals surface area contributed by atoms with Crippen LogP contribution in [0.4, 0.5) is 11.4 Å². The van der Waals surface area contributed by atoms with Gasteiger partial charge in [-0.1, -0.05) is 61.9 Å². The number of nitrogens with one attached hydrogen (secondary N) is 1. The third-order valence-corrected chi connectivity index (χ3v) is 5.13. The zero-order valence-corrected chi connectivity index (χ0v) is 17.1. The summed E-state index contributed by atoms with van der Waals surface area (Å²) in [4.78, 5) is 15.1. The Morgan fingerprint density at radius 1 is 0.900 bits per heavy atom. The number of carbonyl (C=O) groups is 1. The van der Waals surface area contributed by atoms with E-state index in [1.165, 1.54) is 0 Å². The molecule has 0 aromatic heterocycles. The number of para-hydroxylation sites is 2. The molecule has 0 saturated carbocycles. The molecule has 3 aromatic rings. The van der Waals surface area contributed by atoms with Gasteiger partial charge in [0.15, 0.2) is 0 Å². The molecule has 1 unspecified atom stereocenters. The molecule has 4 rings (SSSR count). The molecule has 1 aliphatic heterocycles. The maximum atomic E-state index is 13.3. The third-order valence-electron chi connectivity index (χ3n) is 5.13. The summed E-state index contributed by atoms with van der Waals surface area (Å²) in [7, 11) is 0. The summed E-state index contributed by atoms with van der Waals surface area (Å²) in [5.41, 5.74) is 3.39. The van der Waals surface area contributed by atoms with E-state index in [-0.39, 0.29) is 11.9 Å². The molecule has 4 heteroatoms. The van der Waals surface area contributed by atoms with E-state index in [2.05, 4.69) is 12.2 Å². The fourth-order valence-electron chi connectivity index (χ4n) is 3.54. The van der Waals surface area contributed by atoms with Crippen molar-refractivity contribution in [3.8, 4) is 5.75 Å². The number of carbonyl (C=O) groups excluding carboxylic acids is 1. The zero-order valence-electron chi connectivity index (χ0n) is 17.1. The Morgan fingerprint density at radius 3 is 2.23 bits per heavy atom. The van der Waals surface area contributed by atoms with Gasteiger partial charge < -0.3 is 10.1 Å². The van der Waals surface area contributed by atoms with E-state index in [4.69, 9.17) is 4.74 Å². The minimum Gasteiger partial charge on any atom is -0.494 e. The zero-order chi connectivity index (χ0) is 20.8. The molecular formula is C26H26N2O2. The van der Waals surface area contributed by atoms with Gasteiger partial charge >= 0.3 is 0 Å². The maximum Gasteiger partial charge on any atom is 0.275 e. The third kappa shape index (κ3) is 4.38. The summed E-state index contributed by atoms with van der Waals surface area (Å²) in [6.45, 7) is 2.87. The van der Waals surface area contributed by atoms with Crippen LogP contribution in [0.5, 0.6) is 5.75 Å². The van der Waals surface area contributed by atoms with Gasteiger partial charge in [0.2, 0.25) is 0 Å². The molecule has 152 valence electrons. The number of unbranched alkanes of at least 4 members (excludes halogenated alkanes) is 1. The minimum atomic E-state index is -0.184. The standard InChI is InChI=1S/C26H26N2O2/c1-2-3-18-30-23-16-14-20(15-17-23)25-19-24(27-21-10-6-4-7-11-21)26(29)28(25)22-12-8-5-9-13-22/h4-17,19,25,27H,2-3,18H2,1H3. The number of anilines is 2. The quantitative estimate of drug-likeness (QED) is 0.477. The van der Waals surface area contributed by atoms with E-state index < -0.39 is 0 Å². The lowest BCUT2D eigenvalue weighted by Gasteiger charge is -2.25. The summed E-state index contributed by atoms with van der Waals surface area (Å²) in [6.07, 6.45) is 4.14. The van der Waals surface area contributed by atoms with Crippen molar-refractivity contribution in [3.63, 3.8) is 0 Å². The van der Waals surface area contributed by atoms with Crippen LogP contribution in [0.2, 0.25) is 0 Å². The molecule has 0 aliphatic carbocycles. The van der Waals surface area contributed by atoms with Gasteiger partial charge in [-0.05, 0) is 54.5 Å². The largest absolute Gasteiger partial charge is 0.494 e. The Labute approximate surface area is 177 Å². The molecule has 0 bridgehead atoms. The van der Waals surface area contributed by atoms with Gasteiger partial charge in [0, 0.05) is 11.4 Å². The van der Waals surface area contributed by atoms with Crippen molar-refractivity contribution in [2.75, 3.05) is 16.8 Å². The Hall–Kier alpha value is -3.53. The lowest BCUT2D eigenvalue weighted by molar-refractivity contribution is -0.114. The van der Waals surface area contributed by atoms with Gasteiger partial charge in [-0.25, -0.2) is 0 Å². The van der Waals surface area contributed by atoms with Crippen LogP contribution in [0.1, 0.15) is 31.4 Å². The molecule has 1 N–H and O–H groups in total. The highest BCUT2D eigenvalue weighted by molar-refractivity contribution is 6.11. The number of ether oxygens (including phenoxy) is 1. The molecule has 1 aliphatic rings. The maximum absolute atomic E-state index is 13.3. The minimum absolute atomic E-state index is 0.0432. The van der Waals surface area contributed by atoms with Crippen molar-refractivity contribution in [1.29, 1.82) is 0 Å². The highest BCUT2D eigenvalue weighted by Crippen LogP contribution is 2.36. The first-order chi connectivity index (χ1) is 14.8. The summed E-state index contributed by atoms with van der Waals surface area (Å²) >= 11 is 0. The van der Waals surface area contributed by atoms with Gasteiger partial charge in [0.1, 0.15) is 11.4 Å². The van der Waals surface area contributed by atoms with E-state index in [1.807, 2.05) is 95.9 Å². The fourth-order valence-corrected chi connectivity index (χ4v) is 3.54. The van der Waals surface area contributed by atoms with Gasteiger partial charge in [-0.3, -0.25) is 9.69 Å². The molecule has 4 nitrogen and oxygen atoms in total. The highest BCUT2D eigenvalue weighted by atomic mass is 16.5. The van der Waals surface area contributed by atoms with Crippen molar-refractivity contribution in [1.82, 2.24) is 0 Å². The topological polar surface area (TPSA) is 41.6 Å². The highest BCUT2D eigenvalue weighted by Gasteiger charge is 2.34. The molecule has 3 aromatic carbocycles. The van der Waals surface area contributed by atoms with E-state index >= 15 is 0 Å². The summed E-state index contributed by atoms with van der Waals surface area (Å²) < 4.78 is 5.79. The summed E-state index contributed by atoms with van der Waals surface area (Å²) in [5.74, 6) is 0.813. The number of rotatable bonds is 8. The van der Waals surface area contributed by atoms with Crippen molar-refractivity contribution in [3.05, 3.63) is 102 Å². The Morgan fingerprint density at radius 2 is 1.57 bits per heavy atom. The molecule has 1 atom stereocenters. The Balaban J connectivity index is 1.62. The number of hydrogen-bond donors (Lipinski definition) is 1. The van der Waals surface area contributed by atoms with Crippen molar-refractivity contribution in [2.24, 2.45) is 0 Å². The van der Waals surface area contributed by atoms with Crippen LogP contribution in [0.3, 0.4) is 0 Å². The lowest BCUT2D eigenvalue weighted by Crippen LogP contribution is -2.30. The van der Waals surface area contributed by atoms with Crippen molar-refractivity contribution < 1.29 is 9.53 Å². The van der Waals surface area contributed by atoms with Crippen LogP contribution in [-0.2, 0) is 4.79 Å². The first-order valence-corrected chi connectivity index (χ1v) is 10.4. The van der Waals surface area contributed by atoms with Crippen LogP contribution < -0.4 is 15.0 Å². The second kappa shape index (κ2) is 9.31. The van der Waals surface area contributed by atoms with Gasteiger partial charge in [-0.15, -0.1) is 0 Å². The number of nitrogens with zero attached hydrogens (tertiary/aromatic N) is 1. The fraction of sp³-hybridized carbons (Fsp3) is 0.192. The van der Waals surface area contributed by atoms with E-state index in [9.17, 15) is 4.79 Å². The van der Waals surface area contributed by atoms with Crippen LogP contribution in [-0.4, -0.2) is 12.5 Å². The van der Waals surface area contributed by atoms with Crippen LogP contribution in [0.25, 0.3) is 0 Å². The van der Waals surface area contributed by atoms with E-state index in [1.54, 1.807) is 0 Å². The summed E-state index contributed by atoms with van der Waals surface area (Å²) in [6, 6.07) is 27.4. The molecule has 0 fully saturated rings. The first kappa shape index (κ1) is 19.8. The predicted molar refractivity (Wildman–Crippen MR) is 122 cm³/mol. The Bertz CT molecular complexity index is 998. The summed E-state index contributed by atoms with van der Waals surface area (Å²) in [5, 5.41) is 3.28. The van der Waals surface area contributed by atoms with Crippen LogP contribution in [0, 0.1) is 0 Å². The molecular weight excluding hydrogens is 372 g/mol. The molecule has 0 spiro atoms. The predicted octanol–water partition coefficient (Wildman–Crippen LogP) is 5.95. The molecule has 0 radical (unpaired) electrons. The second-order valence-corrected chi connectivity index (χ2v) is 7.30. The normalized spacial score (nSPS) is 15.8. The van der Waals surface area contributed by atoms with Crippen LogP contribution >= 0.6 is 0 Å². The SMILES string of the molecule is CCCCOc1ccc(C2C=C(Nc3ccccc3)C(=O)N2c2ccccc2)cc1. The number of hydrogen-bond acceptors (Lipinski definition) is 3. The second-order valence-electron chi connectivity index (χ2n) is 7.30. The van der Waals surface area contributed by atoms with Gasteiger partial charge in [0.25, 0.3) is 5.91 Å². The Kier molecular flexibility index (Phi) is 6.14. The van der Waals surface area contributed by atoms with E-state index in [0.29, 0.717) is 5.70 Å². The average Bonchev–Trinajstić information content (AvgIpc) is 3.11. The first-order valence-electron chi connectivity index (χ1n) is 10.4. The number of benzene rings is 3. The smallest absolute Gasteiger partial charge is 0.275 e. The average molecular weight is 399 g/mol. The lowest BCUT2D eigenvalue weighted by atomic mass is 10.1.